The molecule has 3 atom stereocenters. The lowest BCUT2D eigenvalue weighted by atomic mass is 9.74. The molecule has 1 aromatic heterocycles. The molecule has 5 nitrogen and oxygen atoms in total. The van der Waals surface area contributed by atoms with E-state index < -0.39 is 0 Å². The molecule has 138 valence electrons. The summed E-state index contributed by atoms with van der Waals surface area (Å²) in [7, 11) is 0. The number of nitrogens with two attached hydrogens (primary N) is 1. The molecular formula is C17H30Cl2N4O. The fourth-order valence-corrected chi connectivity index (χ4v) is 3.99. The van der Waals surface area contributed by atoms with Crippen LogP contribution in [0.2, 0.25) is 0 Å². The average Bonchev–Trinajstić information content (AvgIpc) is 2.93. The van der Waals surface area contributed by atoms with Crippen LogP contribution in [0.5, 0.6) is 0 Å². The largest absolute Gasteiger partial charge is 0.340 e. The van der Waals surface area contributed by atoms with E-state index in [2.05, 4.69) is 18.2 Å². The third-order valence-corrected chi connectivity index (χ3v) is 5.37. The van der Waals surface area contributed by atoms with Crippen LogP contribution in [0, 0.1) is 12.8 Å². The highest BCUT2D eigenvalue weighted by molar-refractivity contribution is 5.85. The molecule has 3 rings (SSSR count). The van der Waals surface area contributed by atoms with Crippen LogP contribution in [0.25, 0.3) is 0 Å². The number of hydrogen-bond acceptors (Lipinski definition) is 3. The SMILES string of the molecule is Cc1cnn(C2CCCN(C(=O)C3CCCCC3(C)N)C2)c1.Cl.Cl. The van der Waals surface area contributed by atoms with Gasteiger partial charge in [0.2, 0.25) is 5.91 Å². The van der Waals surface area contributed by atoms with Gasteiger partial charge >= 0.3 is 0 Å². The zero-order valence-electron chi connectivity index (χ0n) is 14.6. The summed E-state index contributed by atoms with van der Waals surface area (Å²) >= 11 is 0. The summed E-state index contributed by atoms with van der Waals surface area (Å²) in [5, 5.41) is 4.43. The van der Waals surface area contributed by atoms with Gasteiger partial charge in [0, 0.05) is 24.8 Å². The lowest BCUT2D eigenvalue weighted by Gasteiger charge is -2.42. The van der Waals surface area contributed by atoms with Gasteiger partial charge in [-0.15, -0.1) is 24.8 Å². The molecule has 1 saturated carbocycles. The summed E-state index contributed by atoms with van der Waals surface area (Å²) in [5.41, 5.74) is 7.24. The Bertz CT molecular complexity index is 546. The minimum Gasteiger partial charge on any atom is -0.340 e. The number of nitrogens with zero attached hydrogens (tertiary/aromatic N) is 3. The third-order valence-electron chi connectivity index (χ3n) is 5.37. The predicted octanol–water partition coefficient (Wildman–Crippen LogP) is 3.11. The lowest BCUT2D eigenvalue weighted by molar-refractivity contribution is -0.140. The molecule has 2 fully saturated rings. The second-order valence-electron chi connectivity index (χ2n) is 7.38. The van der Waals surface area contributed by atoms with E-state index in [1.807, 2.05) is 22.7 Å². The van der Waals surface area contributed by atoms with Crippen molar-refractivity contribution in [3.63, 3.8) is 0 Å². The summed E-state index contributed by atoms with van der Waals surface area (Å²) < 4.78 is 2.03. The maximum Gasteiger partial charge on any atom is 0.227 e. The first-order valence-electron chi connectivity index (χ1n) is 8.56. The number of hydrogen-bond donors (Lipinski definition) is 1. The topological polar surface area (TPSA) is 64.2 Å². The molecule has 1 amide bonds. The Kier molecular flexibility index (Phi) is 7.57. The van der Waals surface area contributed by atoms with Crippen molar-refractivity contribution < 1.29 is 4.79 Å². The number of piperidine rings is 1. The first-order valence-corrected chi connectivity index (χ1v) is 8.56. The van der Waals surface area contributed by atoms with E-state index >= 15 is 0 Å². The van der Waals surface area contributed by atoms with Crippen molar-refractivity contribution in [2.45, 2.75) is 64.0 Å². The van der Waals surface area contributed by atoms with Gasteiger partial charge in [-0.1, -0.05) is 12.8 Å². The fraction of sp³-hybridized carbons (Fsp3) is 0.765. The Morgan fingerprint density at radius 3 is 2.67 bits per heavy atom. The van der Waals surface area contributed by atoms with E-state index in [4.69, 9.17) is 5.73 Å². The van der Waals surface area contributed by atoms with Crippen LogP contribution in [0.3, 0.4) is 0 Å². The maximum atomic E-state index is 13.0. The van der Waals surface area contributed by atoms with Crippen molar-refractivity contribution in [1.29, 1.82) is 0 Å². The molecule has 1 aromatic rings. The number of aromatic nitrogens is 2. The molecule has 1 aliphatic heterocycles. The minimum atomic E-state index is -0.343. The molecule has 0 aromatic carbocycles. The number of carbonyl (C=O) groups is 1. The first kappa shape index (κ1) is 21.3. The fourth-order valence-electron chi connectivity index (χ4n) is 3.99. The monoisotopic (exact) mass is 376 g/mol. The zero-order valence-corrected chi connectivity index (χ0v) is 16.2. The van der Waals surface area contributed by atoms with Crippen LogP contribution in [-0.4, -0.2) is 39.2 Å². The Hall–Kier alpha value is -0.780. The van der Waals surface area contributed by atoms with Gasteiger partial charge in [-0.2, -0.15) is 5.10 Å². The molecule has 1 aliphatic carbocycles. The number of aryl methyl sites for hydroxylation is 1. The van der Waals surface area contributed by atoms with Crippen LogP contribution in [0.4, 0.5) is 0 Å². The standard InChI is InChI=1S/C17H28N4O.2ClH/c1-13-10-19-21(11-13)14-6-5-9-20(12-14)16(22)15-7-3-4-8-17(15,2)18;;/h10-11,14-15H,3-9,12,18H2,1-2H3;2*1H. The molecule has 0 radical (unpaired) electrons. The smallest absolute Gasteiger partial charge is 0.227 e. The first-order chi connectivity index (χ1) is 10.5. The molecule has 24 heavy (non-hydrogen) atoms. The van der Waals surface area contributed by atoms with Crippen molar-refractivity contribution >= 4 is 30.7 Å². The predicted molar refractivity (Wildman–Crippen MR) is 101 cm³/mol. The Balaban J connectivity index is 0.00000144. The maximum absolute atomic E-state index is 13.0. The molecule has 2 aliphatic rings. The van der Waals surface area contributed by atoms with Gasteiger partial charge in [0.05, 0.1) is 18.2 Å². The third kappa shape index (κ3) is 4.44. The summed E-state index contributed by atoms with van der Waals surface area (Å²) in [6, 6.07) is 0.305. The normalized spacial score (nSPS) is 30.2. The van der Waals surface area contributed by atoms with Gasteiger partial charge in [-0.3, -0.25) is 9.48 Å². The van der Waals surface area contributed by atoms with Crippen LogP contribution < -0.4 is 5.73 Å². The van der Waals surface area contributed by atoms with E-state index in [1.165, 1.54) is 5.56 Å². The molecule has 7 heteroatoms. The number of carbonyl (C=O) groups excluding carboxylic acids is 1. The van der Waals surface area contributed by atoms with Crippen LogP contribution >= 0.6 is 24.8 Å². The Labute approximate surface area is 157 Å². The van der Waals surface area contributed by atoms with Gasteiger partial charge < -0.3 is 10.6 Å². The highest BCUT2D eigenvalue weighted by atomic mass is 35.5. The molecule has 0 bridgehead atoms. The quantitative estimate of drug-likeness (QED) is 0.861. The molecule has 2 N–H and O–H groups in total. The van der Waals surface area contributed by atoms with Gasteiger partial charge in [-0.25, -0.2) is 0 Å². The average molecular weight is 377 g/mol. The van der Waals surface area contributed by atoms with E-state index in [0.717, 1.165) is 51.6 Å². The van der Waals surface area contributed by atoms with Crippen molar-refractivity contribution in [2.24, 2.45) is 11.7 Å². The van der Waals surface area contributed by atoms with Crippen LogP contribution in [-0.2, 0) is 4.79 Å². The minimum absolute atomic E-state index is 0. The molecular weight excluding hydrogens is 347 g/mol. The van der Waals surface area contributed by atoms with E-state index in [9.17, 15) is 4.79 Å². The van der Waals surface area contributed by atoms with Gasteiger partial charge in [0.1, 0.15) is 0 Å². The van der Waals surface area contributed by atoms with Crippen molar-refractivity contribution in [3.05, 3.63) is 18.0 Å². The zero-order chi connectivity index (χ0) is 15.7. The Morgan fingerprint density at radius 2 is 2.04 bits per heavy atom. The second-order valence-corrected chi connectivity index (χ2v) is 7.38. The summed E-state index contributed by atoms with van der Waals surface area (Å²) in [5.74, 6) is 0.248. The van der Waals surface area contributed by atoms with E-state index in [0.29, 0.717) is 6.04 Å². The highest BCUT2D eigenvalue weighted by Gasteiger charge is 2.40. The highest BCUT2D eigenvalue weighted by Crippen LogP contribution is 2.34. The van der Waals surface area contributed by atoms with Crippen LogP contribution in [0.1, 0.15) is 57.1 Å². The van der Waals surface area contributed by atoms with Gasteiger partial charge in [0.25, 0.3) is 0 Å². The van der Waals surface area contributed by atoms with Gasteiger partial charge in [-0.05, 0) is 45.1 Å². The van der Waals surface area contributed by atoms with E-state index in [1.54, 1.807) is 0 Å². The summed E-state index contributed by atoms with van der Waals surface area (Å²) in [4.78, 5) is 15.0. The Morgan fingerprint density at radius 1 is 1.29 bits per heavy atom. The molecule has 1 saturated heterocycles. The number of likely N-dealkylation sites (tertiary alicyclic amines) is 1. The summed E-state index contributed by atoms with van der Waals surface area (Å²) in [6.07, 6.45) is 10.3. The number of amides is 1. The van der Waals surface area contributed by atoms with Crippen molar-refractivity contribution in [2.75, 3.05) is 13.1 Å². The van der Waals surface area contributed by atoms with Gasteiger partial charge in [0.15, 0.2) is 0 Å². The van der Waals surface area contributed by atoms with Crippen LogP contribution in [0.15, 0.2) is 12.4 Å². The summed E-state index contributed by atoms with van der Waals surface area (Å²) in [6.45, 7) is 5.73. The lowest BCUT2D eigenvalue weighted by Crippen LogP contribution is -2.55. The van der Waals surface area contributed by atoms with Crippen molar-refractivity contribution in [1.82, 2.24) is 14.7 Å². The molecule has 2 heterocycles. The van der Waals surface area contributed by atoms with E-state index in [-0.39, 0.29) is 42.2 Å². The number of halogens is 2. The number of rotatable bonds is 2. The van der Waals surface area contributed by atoms with Crippen molar-refractivity contribution in [3.8, 4) is 0 Å². The molecule has 0 spiro atoms. The second kappa shape index (κ2) is 8.54. The molecule has 3 unspecified atom stereocenters.